The minimum absolute atomic E-state index is 0.0373. The maximum absolute atomic E-state index is 13.1. The Balaban J connectivity index is 1.47. The molecule has 0 aliphatic carbocycles. The van der Waals surface area contributed by atoms with E-state index in [-0.39, 0.29) is 37.2 Å². The molecular weight excluding hydrogens is 401 g/mol. The number of hydrogen-bond acceptors (Lipinski definition) is 5. The van der Waals surface area contributed by atoms with Crippen LogP contribution in [0, 0.1) is 6.92 Å². The van der Waals surface area contributed by atoms with Crippen LogP contribution in [0.1, 0.15) is 40.7 Å². The number of halogens is 3. The molecule has 0 bridgehead atoms. The zero-order valence-electron chi connectivity index (χ0n) is 16.3. The Kier molecular flexibility index (Phi) is 4.96. The van der Waals surface area contributed by atoms with Gasteiger partial charge in [0.2, 0.25) is 5.82 Å². The molecule has 1 atom stereocenters. The molecule has 2 aromatic heterocycles. The third kappa shape index (κ3) is 3.62. The largest absolute Gasteiger partial charge is 0.471 e. The highest BCUT2D eigenvalue weighted by Gasteiger charge is 2.42. The normalized spacial score (nSPS) is 16.4. The fraction of sp³-hybridized carbons (Fsp3) is 0.368. The predicted octanol–water partition coefficient (Wildman–Crippen LogP) is 3.06. The number of ether oxygens (including phenoxy) is 1. The number of aromatic nitrogens is 5. The first-order valence-corrected chi connectivity index (χ1v) is 9.29. The summed E-state index contributed by atoms with van der Waals surface area (Å²) >= 11 is 0. The number of nitrogens with zero attached hydrogens (tertiary/aromatic N) is 6. The van der Waals surface area contributed by atoms with E-state index in [2.05, 4.69) is 15.3 Å². The van der Waals surface area contributed by atoms with Gasteiger partial charge in [0, 0.05) is 19.3 Å². The molecular formula is C19H19F3N6O2. The Morgan fingerprint density at radius 3 is 2.70 bits per heavy atom. The van der Waals surface area contributed by atoms with Crippen molar-refractivity contribution in [1.29, 1.82) is 0 Å². The van der Waals surface area contributed by atoms with Gasteiger partial charge in [0.15, 0.2) is 18.2 Å². The number of carbonyl (C=O) groups is 1. The Morgan fingerprint density at radius 2 is 1.97 bits per heavy atom. The smallest absolute Gasteiger partial charge is 0.451 e. The van der Waals surface area contributed by atoms with E-state index in [9.17, 15) is 18.0 Å². The SMILES string of the molecule is Cc1ccccc1OCn1ccc(C(=O)N2CCn3c(nnc3C(F)(F)F)C2C)n1. The first-order chi connectivity index (χ1) is 14.3. The number of carbonyl (C=O) groups excluding carboxylic acids is 1. The molecule has 1 aromatic carbocycles. The highest BCUT2D eigenvalue weighted by Crippen LogP contribution is 2.33. The van der Waals surface area contributed by atoms with E-state index in [0.717, 1.165) is 10.1 Å². The minimum Gasteiger partial charge on any atom is -0.471 e. The number of amides is 1. The average molecular weight is 420 g/mol. The van der Waals surface area contributed by atoms with Gasteiger partial charge in [-0.25, -0.2) is 4.68 Å². The van der Waals surface area contributed by atoms with Gasteiger partial charge in [0.1, 0.15) is 5.75 Å². The number of alkyl halides is 3. The van der Waals surface area contributed by atoms with Crippen molar-refractivity contribution in [3.63, 3.8) is 0 Å². The third-order valence-corrected chi connectivity index (χ3v) is 5.01. The molecule has 0 fully saturated rings. The van der Waals surface area contributed by atoms with Crippen LogP contribution in [-0.2, 0) is 19.5 Å². The second kappa shape index (κ2) is 7.47. The van der Waals surface area contributed by atoms with Crippen molar-refractivity contribution >= 4 is 5.91 Å². The summed E-state index contributed by atoms with van der Waals surface area (Å²) in [5.74, 6) is -0.622. The first kappa shape index (κ1) is 19.9. The molecule has 4 rings (SSSR count). The highest BCUT2D eigenvalue weighted by atomic mass is 19.4. The Labute approximate surface area is 169 Å². The Bertz CT molecular complexity index is 1070. The van der Waals surface area contributed by atoms with Crippen molar-refractivity contribution in [2.45, 2.75) is 39.3 Å². The predicted molar refractivity (Wildman–Crippen MR) is 98.5 cm³/mol. The lowest BCUT2D eigenvalue weighted by Crippen LogP contribution is -2.42. The fourth-order valence-corrected chi connectivity index (χ4v) is 3.42. The molecule has 3 aromatic rings. The number of benzene rings is 1. The molecule has 30 heavy (non-hydrogen) atoms. The summed E-state index contributed by atoms with van der Waals surface area (Å²) in [6, 6.07) is 8.42. The van der Waals surface area contributed by atoms with Crippen LogP contribution in [0.3, 0.4) is 0 Å². The van der Waals surface area contributed by atoms with Gasteiger partial charge in [0.05, 0.1) is 6.04 Å². The molecule has 11 heteroatoms. The molecule has 0 radical (unpaired) electrons. The molecule has 1 amide bonds. The van der Waals surface area contributed by atoms with Crippen molar-refractivity contribution in [3.8, 4) is 5.75 Å². The summed E-state index contributed by atoms with van der Waals surface area (Å²) in [4.78, 5) is 14.3. The maximum atomic E-state index is 13.1. The molecule has 3 heterocycles. The van der Waals surface area contributed by atoms with Crippen LogP contribution in [0.25, 0.3) is 0 Å². The van der Waals surface area contributed by atoms with Gasteiger partial charge >= 0.3 is 6.18 Å². The van der Waals surface area contributed by atoms with Crippen molar-refractivity contribution in [3.05, 3.63) is 59.4 Å². The molecule has 1 aliphatic rings. The van der Waals surface area contributed by atoms with E-state index in [4.69, 9.17) is 4.74 Å². The van der Waals surface area contributed by atoms with E-state index in [1.807, 2.05) is 31.2 Å². The molecule has 1 aliphatic heterocycles. The van der Waals surface area contributed by atoms with Crippen molar-refractivity contribution < 1.29 is 22.7 Å². The van der Waals surface area contributed by atoms with Crippen molar-refractivity contribution in [2.75, 3.05) is 6.54 Å². The lowest BCUT2D eigenvalue weighted by molar-refractivity contribution is -0.148. The van der Waals surface area contributed by atoms with Crippen molar-refractivity contribution in [2.24, 2.45) is 0 Å². The highest BCUT2D eigenvalue weighted by molar-refractivity contribution is 5.92. The second-order valence-corrected chi connectivity index (χ2v) is 6.99. The zero-order valence-corrected chi connectivity index (χ0v) is 16.3. The van der Waals surface area contributed by atoms with E-state index in [0.29, 0.717) is 5.75 Å². The number of para-hydroxylation sites is 1. The molecule has 1 unspecified atom stereocenters. The summed E-state index contributed by atoms with van der Waals surface area (Å²) in [6.45, 7) is 3.73. The first-order valence-electron chi connectivity index (χ1n) is 9.29. The quantitative estimate of drug-likeness (QED) is 0.648. The number of aryl methyl sites for hydroxylation is 1. The van der Waals surface area contributed by atoms with Gasteiger partial charge in [-0.2, -0.15) is 18.3 Å². The van der Waals surface area contributed by atoms with Gasteiger partial charge in [-0.3, -0.25) is 4.79 Å². The van der Waals surface area contributed by atoms with E-state index in [1.54, 1.807) is 19.2 Å². The third-order valence-electron chi connectivity index (χ3n) is 5.01. The second-order valence-electron chi connectivity index (χ2n) is 6.99. The van der Waals surface area contributed by atoms with Crippen molar-refractivity contribution in [1.82, 2.24) is 29.4 Å². The summed E-state index contributed by atoms with van der Waals surface area (Å²) in [7, 11) is 0. The van der Waals surface area contributed by atoms with E-state index in [1.165, 1.54) is 9.58 Å². The molecule has 8 nitrogen and oxygen atoms in total. The van der Waals surface area contributed by atoms with Crippen LogP contribution in [0.4, 0.5) is 13.2 Å². The van der Waals surface area contributed by atoms with Crippen LogP contribution in [0.2, 0.25) is 0 Å². The minimum atomic E-state index is -4.59. The standard InChI is InChI=1S/C19H19F3N6O2/c1-12-5-3-4-6-15(12)30-11-26-8-7-14(25-26)17(29)27-9-10-28-16(13(27)2)23-24-18(28)19(20,21)22/h3-8,13H,9-11H2,1-2H3. The van der Waals surface area contributed by atoms with Gasteiger partial charge in [-0.15, -0.1) is 10.2 Å². The van der Waals surface area contributed by atoms with Gasteiger partial charge < -0.3 is 14.2 Å². The van der Waals surface area contributed by atoms with Crippen LogP contribution in [-0.4, -0.2) is 41.9 Å². The topological polar surface area (TPSA) is 78.1 Å². The van der Waals surface area contributed by atoms with E-state index < -0.39 is 18.0 Å². The average Bonchev–Trinajstić information content (AvgIpc) is 3.34. The van der Waals surface area contributed by atoms with Crippen LogP contribution < -0.4 is 4.74 Å². The zero-order chi connectivity index (χ0) is 21.5. The summed E-state index contributed by atoms with van der Waals surface area (Å²) in [6.07, 6.45) is -2.97. The van der Waals surface area contributed by atoms with Crippen LogP contribution >= 0.6 is 0 Å². The number of hydrogen-bond donors (Lipinski definition) is 0. The summed E-state index contributed by atoms with van der Waals surface area (Å²) < 4.78 is 47.4. The molecule has 0 saturated heterocycles. The molecule has 0 N–H and O–H groups in total. The Hall–Kier alpha value is -3.37. The van der Waals surface area contributed by atoms with Gasteiger partial charge in [-0.1, -0.05) is 18.2 Å². The lowest BCUT2D eigenvalue weighted by atomic mass is 10.2. The summed E-state index contributed by atoms with van der Waals surface area (Å²) in [5.41, 5.74) is 1.16. The maximum Gasteiger partial charge on any atom is 0.451 e. The molecule has 0 spiro atoms. The molecule has 158 valence electrons. The monoisotopic (exact) mass is 420 g/mol. The number of fused-ring (bicyclic) bond motifs is 1. The number of rotatable bonds is 4. The fourth-order valence-electron chi connectivity index (χ4n) is 3.42. The lowest BCUT2D eigenvalue weighted by Gasteiger charge is -2.33. The Morgan fingerprint density at radius 1 is 1.20 bits per heavy atom. The van der Waals surface area contributed by atoms with Gasteiger partial charge in [0.25, 0.3) is 5.91 Å². The molecule has 0 saturated carbocycles. The van der Waals surface area contributed by atoms with E-state index >= 15 is 0 Å². The van der Waals surface area contributed by atoms with Crippen LogP contribution in [0.15, 0.2) is 36.5 Å². The van der Waals surface area contributed by atoms with Gasteiger partial charge in [-0.05, 0) is 31.5 Å². The van der Waals surface area contributed by atoms with Crippen LogP contribution in [0.5, 0.6) is 5.75 Å². The summed E-state index contributed by atoms with van der Waals surface area (Å²) in [5, 5.41) is 11.2.